The minimum absolute atomic E-state index is 0.118. The first kappa shape index (κ1) is 26.7. The normalized spacial score (nSPS) is 21.5. The Morgan fingerprint density at radius 2 is 1.68 bits per heavy atom. The SMILES string of the molecule is C=C(C)C(=O)[C@H](CN)NC(=O)[C@@H](NC(=O)C1CNCC(C(=O)NCC(C)C)C1)[C@H](C)O. The smallest absolute Gasteiger partial charge is 0.245 e. The number of hydrogen-bond acceptors (Lipinski definition) is 7. The lowest BCUT2D eigenvalue weighted by atomic mass is 9.88. The number of hydrogen-bond donors (Lipinski definition) is 6. The summed E-state index contributed by atoms with van der Waals surface area (Å²) in [5.41, 5.74) is 5.81. The van der Waals surface area contributed by atoms with Gasteiger partial charge in [-0.15, -0.1) is 0 Å². The zero-order valence-electron chi connectivity index (χ0n) is 18.9. The first-order chi connectivity index (χ1) is 14.5. The predicted molar refractivity (Wildman–Crippen MR) is 117 cm³/mol. The van der Waals surface area contributed by atoms with Crippen molar-refractivity contribution >= 4 is 23.5 Å². The van der Waals surface area contributed by atoms with Crippen molar-refractivity contribution in [1.29, 1.82) is 0 Å². The molecular weight excluding hydrogens is 402 g/mol. The van der Waals surface area contributed by atoms with Gasteiger partial charge in [0.05, 0.1) is 17.9 Å². The minimum Gasteiger partial charge on any atom is -0.391 e. The average Bonchev–Trinajstić information content (AvgIpc) is 2.72. The molecule has 0 aromatic heterocycles. The van der Waals surface area contributed by atoms with E-state index >= 15 is 0 Å². The molecule has 0 aromatic rings. The second-order valence-electron chi connectivity index (χ2n) is 8.60. The molecule has 0 bridgehead atoms. The number of amides is 3. The van der Waals surface area contributed by atoms with Crippen LogP contribution in [0.25, 0.3) is 0 Å². The van der Waals surface area contributed by atoms with Gasteiger partial charge in [0.15, 0.2) is 5.78 Å². The third kappa shape index (κ3) is 8.39. The number of nitrogens with two attached hydrogens (primary N) is 1. The molecule has 0 aliphatic carbocycles. The Balaban J connectivity index is 2.76. The number of ketones is 1. The van der Waals surface area contributed by atoms with Crippen LogP contribution in [0.4, 0.5) is 0 Å². The molecule has 5 atom stereocenters. The molecule has 0 spiro atoms. The highest BCUT2D eigenvalue weighted by atomic mass is 16.3. The Kier molecular flexibility index (Phi) is 10.8. The zero-order valence-corrected chi connectivity index (χ0v) is 18.9. The van der Waals surface area contributed by atoms with Crippen LogP contribution < -0.4 is 27.0 Å². The highest BCUT2D eigenvalue weighted by molar-refractivity contribution is 6.01. The van der Waals surface area contributed by atoms with Crippen molar-refractivity contribution < 1.29 is 24.3 Å². The van der Waals surface area contributed by atoms with Crippen LogP contribution in [0, 0.1) is 17.8 Å². The van der Waals surface area contributed by atoms with Crippen molar-refractivity contribution in [3.63, 3.8) is 0 Å². The van der Waals surface area contributed by atoms with Gasteiger partial charge in [-0.05, 0) is 31.8 Å². The van der Waals surface area contributed by atoms with Crippen LogP contribution in [0.3, 0.4) is 0 Å². The van der Waals surface area contributed by atoms with Gasteiger partial charge in [0, 0.05) is 26.2 Å². The van der Waals surface area contributed by atoms with Crippen molar-refractivity contribution in [2.24, 2.45) is 23.5 Å². The number of nitrogens with one attached hydrogen (secondary N) is 4. The first-order valence-electron chi connectivity index (χ1n) is 10.6. The van der Waals surface area contributed by atoms with E-state index in [1.807, 2.05) is 13.8 Å². The van der Waals surface area contributed by atoms with Crippen molar-refractivity contribution in [2.45, 2.75) is 52.3 Å². The maximum Gasteiger partial charge on any atom is 0.245 e. The van der Waals surface area contributed by atoms with Gasteiger partial charge < -0.3 is 32.1 Å². The Morgan fingerprint density at radius 3 is 2.16 bits per heavy atom. The standard InChI is InChI=1S/C21H37N5O5/c1-11(2)8-24-19(29)14-6-15(10-23-9-14)20(30)26-17(13(5)27)21(31)25-16(7-22)18(28)12(3)4/h11,13-17,23,27H,3,6-10,22H2,1-2,4-5H3,(H,24,29)(H,25,31)(H,26,30)/t13-,14?,15?,16-,17-/m0/s1. The highest BCUT2D eigenvalue weighted by Crippen LogP contribution is 2.17. The molecule has 1 rings (SSSR count). The van der Waals surface area contributed by atoms with E-state index in [0.29, 0.717) is 32.0 Å². The van der Waals surface area contributed by atoms with Crippen LogP contribution in [-0.4, -0.2) is 73.0 Å². The van der Waals surface area contributed by atoms with Gasteiger partial charge in [-0.25, -0.2) is 0 Å². The Hall–Kier alpha value is -2.30. The van der Waals surface area contributed by atoms with Gasteiger partial charge in [-0.3, -0.25) is 19.2 Å². The molecule has 0 saturated carbocycles. The van der Waals surface area contributed by atoms with E-state index in [1.165, 1.54) is 13.8 Å². The number of piperidine rings is 1. The van der Waals surface area contributed by atoms with E-state index in [0.717, 1.165) is 0 Å². The van der Waals surface area contributed by atoms with Crippen LogP contribution >= 0.6 is 0 Å². The number of aliphatic hydroxyl groups is 1. The molecule has 1 fully saturated rings. The van der Waals surface area contributed by atoms with Gasteiger partial charge in [0.25, 0.3) is 0 Å². The third-order valence-corrected chi connectivity index (χ3v) is 5.13. The van der Waals surface area contributed by atoms with Gasteiger partial charge >= 0.3 is 0 Å². The summed E-state index contributed by atoms with van der Waals surface area (Å²) in [5, 5.41) is 21.0. The fourth-order valence-corrected chi connectivity index (χ4v) is 3.26. The van der Waals surface area contributed by atoms with E-state index < -0.39 is 41.7 Å². The maximum atomic E-state index is 12.8. The summed E-state index contributed by atoms with van der Waals surface area (Å²) in [7, 11) is 0. The Labute approximate surface area is 183 Å². The van der Waals surface area contributed by atoms with Crippen LogP contribution in [0.2, 0.25) is 0 Å². The van der Waals surface area contributed by atoms with E-state index in [-0.39, 0.29) is 23.9 Å². The molecule has 7 N–H and O–H groups in total. The summed E-state index contributed by atoms with van der Waals surface area (Å²) in [4.78, 5) is 49.8. The topological polar surface area (TPSA) is 163 Å². The number of carbonyl (C=O) groups is 4. The van der Waals surface area contributed by atoms with E-state index in [1.54, 1.807) is 0 Å². The second kappa shape index (κ2) is 12.5. The molecule has 1 aliphatic rings. The summed E-state index contributed by atoms with van der Waals surface area (Å²) in [6, 6.07) is -2.26. The average molecular weight is 440 g/mol. The molecule has 10 nitrogen and oxygen atoms in total. The molecule has 0 radical (unpaired) electrons. The van der Waals surface area contributed by atoms with E-state index in [9.17, 15) is 24.3 Å². The molecule has 1 heterocycles. The third-order valence-electron chi connectivity index (χ3n) is 5.13. The second-order valence-corrected chi connectivity index (χ2v) is 8.60. The fourth-order valence-electron chi connectivity index (χ4n) is 3.26. The molecular formula is C21H37N5O5. The van der Waals surface area contributed by atoms with Gasteiger partial charge in [0.2, 0.25) is 17.7 Å². The van der Waals surface area contributed by atoms with Crippen LogP contribution in [0.1, 0.15) is 34.1 Å². The number of aliphatic hydroxyl groups excluding tert-OH is 1. The molecule has 176 valence electrons. The summed E-state index contributed by atoms with van der Waals surface area (Å²) in [6.07, 6.45) is -0.875. The minimum atomic E-state index is -1.27. The predicted octanol–water partition coefficient (Wildman–Crippen LogP) is -1.56. The lowest BCUT2D eigenvalue weighted by Gasteiger charge is -2.31. The maximum absolute atomic E-state index is 12.8. The van der Waals surface area contributed by atoms with Gasteiger partial charge in [-0.1, -0.05) is 20.4 Å². The molecule has 31 heavy (non-hydrogen) atoms. The quantitative estimate of drug-likeness (QED) is 0.212. The molecule has 10 heteroatoms. The van der Waals surface area contributed by atoms with Crippen molar-refractivity contribution in [1.82, 2.24) is 21.3 Å². The molecule has 0 aromatic carbocycles. The van der Waals surface area contributed by atoms with Crippen molar-refractivity contribution in [2.75, 3.05) is 26.2 Å². The molecule has 1 saturated heterocycles. The van der Waals surface area contributed by atoms with Crippen molar-refractivity contribution in [3.8, 4) is 0 Å². The monoisotopic (exact) mass is 439 g/mol. The van der Waals surface area contributed by atoms with Gasteiger partial charge in [0.1, 0.15) is 12.1 Å². The summed E-state index contributed by atoms with van der Waals surface area (Å²) >= 11 is 0. The summed E-state index contributed by atoms with van der Waals surface area (Å²) in [6.45, 7) is 11.7. The van der Waals surface area contributed by atoms with E-state index in [2.05, 4.69) is 27.8 Å². The van der Waals surface area contributed by atoms with Crippen molar-refractivity contribution in [3.05, 3.63) is 12.2 Å². The largest absolute Gasteiger partial charge is 0.391 e. The summed E-state index contributed by atoms with van der Waals surface area (Å²) in [5.74, 6) is -2.30. The van der Waals surface area contributed by atoms with Crippen LogP contribution in [0.15, 0.2) is 12.2 Å². The number of Topliss-reactive ketones (excluding diaryl/α,β-unsaturated/α-hetero) is 1. The fraction of sp³-hybridized carbons (Fsp3) is 0.714. The Bertz CT molecular complexity index is 679. The first-order valence-corrected chi connectivity index (χ1v) is 10.6. The summed E-state index contributed by atoms with van der Waals surface area (Å²) < 4.78 is 0. The Morgan fingerprint density at radius 1 is 1.10 bits per heavy atom. The lowest BCUT2D eigenvalue weighted by molar-refractivity contribution is -0.136. The van der Waals surface area contributed by atoms with Crippen LogP contribution in [-0.2, 0) is 19.2 Å². The number of carbonyl (C=O) groups excluding carboxylic acids is 4. The number of rotatable bonds is 11. The highest BCUT2D eigenvalue weighted by Gasteiger charge is 2.35. The van der Waals surface area contributed by atoms with Gasteiger partial charge in [-0.2, -0.15) is 0 Å². The zero-order chi connectivity index (χ0) is 23.7. The molecule has 3 amide bonds. The van der Waals surface area contributed by atoms with E-state index in [4.69, 9.17) is 5.73 Å². The van der Waals surface area contributed by atoms with Crippen LogP contribution in [0.5, 0.6) is 0 Å². The molecule has 2 unspecified atom stereocenters. The lowest BCUT2D eigenvalue weighted by Crippen LogP contribution is -2.59. The molecule has 1 aliphatic heterocycles.